The van der Waals surface area contributed by atoms with Gasteiger partial charge in [0.15, 0.2) is 0 Å². The molecule has 2 unspecified atom stereocenters. The van der Waals surface area contributed by atoms with Crippen LogP contribution in [-0.2, 0) is 4.74 Å². The maximum Gasteiger partial charge on any atom is 0.0696 e. The average Bonchev–Trinajstić information content (AvgIpc) is 2.32. The van der Waals surface area contributed by atoms with Crippen LogP contribution in [0.3, 0.4) is 0 Å². The van der Waals surface area contributed by atoms with Gasteiger partial charge >= 0.3 is 0 Å². The van der Waals surface area contributed by atoms with E-state index in [0.717, 1.165) is 0 Å². The largest absolute Gasteiger partial charge is 0.380 e. The summed E-state index contributed by atoms with van der Waals surface area (Å²) in [5, 5.41) is 3.34. The predicted molar refractivity (Wildman–Crippen MR) is 71.9 cm³/mol. The summed E-state index contributed by atoms with van der Waals surface area (Å²) in [6, 6.07) is 0.514. The Morgan fingerprint density at radius 1 is 1.00 bits per heavy atom. The molecule has 0 amide bonds. The van der Waals surface area contributed by atoms with Crippen LogP contribution in [0.15, 0.2) is 0 Å². The molecule has 16 heavy (non-hydrogen) atoms. The van der Waals surface area contributed by atoms with Gasteiger partial charge in [0.05, 0.1) is 6.10 Å². The first kappa shape index (κ1) is 15.9. The number of likely N-dealkylation sites (N-methyl/N-ethyl adjacent to an activating group) is 1. The van der Waals surface area contributed by atoms with Gasteiger partial charge in [0.25, 0.3) is 0 Å². The van der Waals surface area contributed by atoms with E-state index in [0.29, 0.717) is 12.1 Å². The first-order chi connectivity index (χ1) is 7.76. The molecule has 0 aromatic rings. The topological polar surface area (TPSA) is 21.3 Å². The predicted octanol–water partition coefficient (Wildman–Crippen LogP) is 3.75. The van der Waals surface area contributed by atoms with Crippen LogP contribution in [0.4, 0.5) is 0 Å². The minimum Gasteiger partial charge on any atom is -0.380 e. The molecule has 0 radical (unpaired) electrons. The molecule has 0 aliphatic carbocycles. The van der Waals surface area contributed by atoms with Gasteiger partial charge in [0, 0.05) is 13.2 Å². The van der Waals surface area contributed by atoms with Crippen LogP contribution >= 0.6 is 0 Å². The fraction of sp³-hybridized carbons (Fsp3) is 1.00. The number of unbranched alkanes of at least 4 members (excludes halogenated alkanes) is 6. The molecule has 0 fully saturated rings. The van der Waals surface area contributed by atoms with Gasteiger partial charge in [0.2, 0.25) is 0 Å². The van der Waals surface area contributed by atoms with E-state index in [1.807, 2.05) is 7.05 Å². The minimum absolute atomic E-state index is 0.324. The average molecular weight is 229 g/mol. The first-order valence-corrected chi connectivity index (χ1v) is 6.96. The van der Waals surface area contributed by atoms with Crippen molar-refractivity contribution in [3.63, 3.8) is 0 Å². The van der Waals surface area contributed by atoms with Crippen LogP contribution in [0, 0.1) is 0 Å². The Bertz CT molecular complexity index is 139. The molecule has 0 aliphatic rings. The number of nitrogens with one attached hydrogen (secondary N) is 1. The Labute approximate surface area is 102 Å². The van der Waals surface area contributed by atoms with E-state index in [4.69, 9.17) is 4.74 Å². The molecular formula is C14H31NO. The summed E-state index contributed by atoms with van der Waals surface area (Å²) in [4.78, 5) is 0. The number of hydrogen-bond acceptors (Lipinski definition) is 2. The highest BCUT2D eigenvalue weighted by molar-refractivity contribution is 4.71. The van der Waals surface area contributed by atoms with E-state index < -0.39 is 0 Å². The van der Waals surface area contributed by atoms with Crippen molar-refractivity contribution >= 4 is 0 Å². The maximum atomic E-state index is 5.35. The van der Waals surface area contributed by atoms with Crippen LogP contribution in [0.2, 0.25) is 0 Å². The number of methoxy groups -OCH3 is 1. The summed E-state index contributed by atoms with van der Waals surface area (Å²) in [5.74, 6) is 0. The maximum absolute atomic E-state index is 5.35. The summed E-state index contributed by atoms with van der Waals surface area (Å²) in [5.41, 5.74) is 0. The lowest BCUT2D eigenvalue weighted by Crippen LogP contribution is -2.36. The summed E-state index contributed by atoms with van der Waals surface area (Å²) in [6.45, 7) is 4.41. The molecule has 2 heteroatoms. The Morgan fingerprint density at radius 2 is 1.56 bits per heavy atom. The fourth-order valence-electron chi connectivity index (χ4n) is 2.10. The lowest BCUT2D eigenvalue weighted by Gasteiger charge is -2.22. The number of hydrogen-bond donors (Lipinski definition) is 1. The van der Waals surface area contributed by atoms with Crippen LogP contribution in [0.1, 0.15) is 65.2 Å². The second-order valence-electron chi connectivity index (χ2n) is 4.75. The third-order valence-electron chi connectivity index (χ3n) is 3.43. The highest BCUT2D eigenvalue weighted by atomic mass is 16.5. The van der Waals surface area contributed by atoms with Crippen molar-refractivity contribution < 1.29 is 4.74 Å². The van der Waals surface area contributed by atoms with Gasteiger partial charge in [-0.2, -0.15) is 0 Å². The quantitative estimate of drug-likeness (QED) is 0.545. The van der Waals surface area contributed by atoms with Crippen LogP contribution in [0.25, 0.3) is 0 Å². The lowest BCUT2D eigenvalue weighted by molar-refractivity contribution is 0.0818. The first-order valence-electron chi connectivity index (χ1n) is 6.96. The SMILES string of the molecule is CCCCCCCCCC(NC)C(C)OC. The summed E-state index contributed by atoms with van der Waals surface area (Å²) in [7, 11) is 3.82. The van der Waals surface area contributed by atoms with E-state index in [1.54, 1.807) is 7.11 Å². The molecule has 0 aromatic heterocycles. The summed E-state index contributed by atoms with van der Waals surface area (Å²) < 4.78 is 5.35. The molecule has 2 atom stereocenters. The standard InChI is InChI=1S/C14H31NO/c1-5-6-7-8-9-10-11-12-14(15-3)13(2)16-4/h13-15H,5-12H2,1-4H3. The molecular weight excluding hydrogens is 198 g/mol. The van der Waals surface area contributed by atoms with Crippen molar-refractivity contribution in [3.05, 3.63) is 0 Å². The molecule has 0 rings (SSSR count). The number of ether oxygens (including phenoxy) is 1. The van der Waals surface area contributed by atoms with E-state index >= 15 is 0 Å². The summed E-state index contributed by atoms with van der Waals surface area (Å²) >= 11 is 0. The Kier molecular flexibility index (Phi) is 11.3. The Hall–Kier alpha value is -0.0800. The van der Waals surface area contributed by atoms with Gasteiger partial charge in [-0.25, -0.2) is 0 Å². The molecule has 1 N–H and O–H groups in total. The molecule has 0 spiro atoms. The van der Waals surface area contributed by atoms with Gasteiger partial charge in [-0.1, -0.05) is 51.9 Å². The Balaban J connectivity index is 3.34. The molecule has 2 nitrogen and oxygen atoms in total. The van der Waals surface area contributed by atoms with Gasteiger partial charge in [0.1, 0.15) is 0 Å². The third kappa shape index (κ3) is 8.12. The fourth-order valence-corrected chi connectivity index (χ4v) is 2.10. The van der Waals surface area contributed by atoms with E-state index in [1.165, 1.54) is 51.4 Å². The van der Waals surface area contributed by atoms with Crippen molar-refractivity contribution in [1.82, 2.24) is 5.32 Å². The van der Waals surface area contributed by atoms with Crippen molar-refractivity contribution in [2.24, 2.45) is 0 Å². The van der Waals surface area contributed by atoms with Gasteiger partial charge < -0.3 is 10.1 Å². The van der Waals surface area contributed by atoms with E-state index in [-0.39, 0.29) is 0 Å². The minimum atomic E-state index is 0.324. The van der Waals surface area contributed by atoms with Crippen LogP contribution in [-0.4, -0.2) is 26.3 Å². The highest BCUT2D eigenvalue weighted by Crippen LogP contribution is 2.11. The molecule has 0 saturated heterocycles. The van der Waals surface area contributed by atoms with Crippen molar-refractivity contribution in [1.29, 1.82) is 0 Å². The van der Waals surface area contributed by atoms with Crippen LogP contribution in [0.5, 0.6) is 0 Å². The molecule has 0 bridgehead atoms. The van der Waals surface area contributed by atoms with E-state index in [9.17, 15) is 0 Å². The third-order valence-corrected chi connectivity index (χ3v) is 3.43. The monoisotopic (exact) mass is 229 g/mol. The Morgan fingerprint density at radius 3 is 2.06 bits per heavy atom. The molecule has 0 aliphatic heterocycles. The highest BCUT2D eigenvalue weighted by Gasteiger charge is 2.13. The van der Waals surface area contributed by atoms with Gasteiger partial charge in [-0.3, -0.25) is 0 Å². The van der Waals surface area contributed by atoms with Gasteiger partial charge in [-0.15, -0.1) is 0 Å². The molecule has 98 valence electrons. The molecule has 0 saturated carbocycles. The zero-order valence-electron chi connectivity index (χ0n) is 11.7. The van der Waals surface area contributed by atoms with Crippen LogP contribution < -0.4 is 5.32 Å². The zero-order valence-corrected chi connectivity index (χ0v) is 11.7. The zero-order chi connectivity index (χ0) is 12.2. The number of rotatable bonds is 11. The van der Waals surface area contributed by atoms with Crippen molar-refractivity contribution in [3.8, 4) is 0 Å². The van der Waals surface area contributed by atoms with Crippen molar-refractivity contribution in [2.45, 2.75) is 77.4 Å². The normalized spacial score (nSPS) is 15.0. The van der Waals surface area contributed by atoms with Crippen molar-refractivity contribution in [2.75, 3.05) is 14.2 Å². The molecule has 0 heterocycles. The van der Waals surface area contributed by atoms with E-state index in [2.05, 4.69) is 19.2 Å². The second kappa shape index (κ2) is 11.4. The lowest BCUT2D eigenvalue weighted by atomic mass is 10.0. The second-order valence-corrected chi connectivity index (χ2v) is 4.75. The molecule has 0 aromatic carbocycles. The summed E-state index contributed by atoms with van der Waals surface area (Å²) in [6.07, 6.45) is 11.2. The smallest absolute Gasteiger partial charge is 0.0696 e. The van der Waals surface area contributed by atoms with Gasteiger partial charge in [-0.05, 0) is 20.4 Å².